The molecule has 2 N–H and O–H groups in total. The molecule has 0 aliphatic heterocycles. The standard InChI is InChI=1S/C29H49N3O16/c33-29(34)3-5-39-7-9-41-11-13-43-15-17-45-19-21-47-23-24-48-22-20-46-18-16-44-14-12-42-10-8-40-6-4-30-27-2-1-26(31(35)36)25-28(27)32(37)38/h1-2,25,30H,3-24H2,(H,33,34). The van der Waals surface area contributed by atoms with Crippen LogP contribution in [0.3, 0.4) is 0 Å². The molecule has 0 saturated heterocycles. The Bertz CT molecular complexity index is 974. The Labute approximate surface area is 279 Å². The van der Waals surface area contributed by atoms with E-state index in [1.54, 1.807) is 0 Å². The summed E-state index contributed by atoms with van der Waals surface area (Å²) in [7, 11) is 0. The Hall–Kier alpha value is -3.11. The minimum atomic E-state index is -0.886. The highest BCUT2D eigenvalue weighted by molar-refractivity contribution is 5.66. The molecule has 1 aromatic rings. The van der Waals surface area contributed by atoms with Gasteiger partial charge in [-0.05, 0) is 6.07 Å². The van der Waals surface area contributed by atoms with Crippen molar-refractivity contribution >= 4 is 23.0 Å². The molecule has 1 rings (SSSR count). The molecule has 0 heterocycles. The minimum Gasteiger partial charge on any atom is -0.481 e. The lowest BCUT2D eigenvalue weighted by Gasteiger charge is -2.09. The third-order valence-electron chi connectivity index (χ3n) is 5.76. The number of aliphatic carboxylic acids is 1. The third kappa shape index (κ3) is 25.9. The number of carbonyl (C=O) groups is 1. The van der Waals surface area contributed by atoms with Crippen molar-refractivity contribution in [2.75, 3.05) is 144 Å². The lowest BCUT2D eigenvalue weighted by Crippen LogP contribution is -2.16. The molecule has 0 fully saturated rings. The summed E-state index contributed by atoms with van der Waals surface area (Å²) in [5.41, 5.74) is -0.541. The molecule has 19 nitrogen and oxygen atoms in total. The van der Waals surface area contributed by atoms with Gasteiger partial charge in [0.25, 0.3) is 11.4 Å². The summed E-state index contributed by atoms with van der Waals surface area (Å²) in [6.07, 6.45) is -0.0157. The SMILES string of the molecule is O=C(O)CCOCCOCCOCCOCCOCCOCCOCCOCCOCCOCCNc1ccc([N+](=O)[O-])cc1[N+](=O)[O-]. The monoisotopic (exact) mass is 695 g/mol. The number of nitrogens with zero attached hydrogens (tertiary/aromatic N) is 2. The lowest BCUT2D eigenvalue weighted by atomic mass is 10.2. The van der Waals surface area contributed by atoms with Crippen LogP contribution in [0.4, 0.5) is 17.1 Å². The number of hydrogen-bond donors (Lipinski definition) is 2. The smallest absolute Gasteiger partial charge is 0.305 e. The maximum atomic E-state index is 11.1. The van der Waals surface area contributed by atoms with Crippen molar-refractivity contribution in [2.24, 2.45) is 0 Å². The lowest BCUT2D eigenvalue weighted by molar-refractivity contribution is -0.393. The van der Waals surface area contributed by atoms with Crippen LogP contribution in [-0.2, 0) is 52.2 Å². The van der Waals surface area contributed by atoms with Crippen LogP contribution in [0.15, 0.2) is 18.2 Å². The number of nitro benzene ring substituents is 2. The number of benzene rings is 1. The van der Waals surface area contributed by atoms with Gasteiger partial charge < -0.3 is 57.8 Å². The molecule has 0 aromatic heterocycles. The van der Waals surface area contributed by atoms with Gasteiger partial charge in [-0.15, -0.1) is 0 Å². The number of nitro groups is 2. The number of anilines is 1. The second kappa shape index (κ2) is 31.2. The molecule has 0 aliphatic rings. The van der Waals surface area contributed by atoms with Gasteiger partial charge in [0.15, 0.2) is 0 Å². The summed E-state index contributed by atoms with van der Waals surface area (Å²) in [5, 5.41) is 33.2. The normalized spacial score (nSPS) is 11.2. The highest BCUT2D eigenvalue weighted by Gasteiger charge is 2.19. The fourth-order valence-electron chi connectivity index (χ4n) is 3.43. The van der Waals surface area contributed by atoms with E-state index in [4.69, 9.17) is 52.5 Å². The van der Waals surface area contributed by atoms with Gasteiger partial charge >= 0.3 is 5.97 Å². The number of hydrogen-bond acceptors (Lipinski definition) is 16. The quantitative estimate of drug-likeness (QED) is 0.0576. The predicted molar refractivity (Wildman–Crippen MR) is 169 cm³/mol. The van der Waals surface area contributed by atoms with Gasteiger partial charge in [0.1, 0.15) is 5.69 Å². The fraction of sp³-hybridized carbons (Fsp3) is 0.759. The van der Waals surface area contributed by atoms with E-state index in [-0.39, 0.29) is 43.2 Å². The topological polar surface area (TPSA) is 228 Å². The van der Waals surface area contributed by atoms with Crippen molar-refractivity contribution in [3.8, 4) is 0 Å². The van der Waals surface area contributed by atoms with Crippen LogP contribution in [0.5, 0.6) is 0 Å². The van der Waals surface area contributed by atoms with Gasteiger partial charge in [0, 0.05) is 12.6 Å². The number of non-ortho nitro benzene ring substituents is 1. The van der Waals surface area contributed by atoms with Crippen molar-refractivity contribution in [3.63, 3.8) is 0 Å². The van der Waals surface area contributed by atoms with E-state index in [1.807, 2.05) is 0 Å². The van der Waals surface area contributed by atoms with Gasteiger partial charge in [-0.2, -0.15) is 0 Å². The second-order valence-electron chi connectivity index (χ2n) is 9.41. The Morgan fingerprint density at radius 2 is 0.875 bits per heavy atom. The first-order valence-corrected chi connectivity index (χ1v) is 15.6. The zero-order chi connectivity index (χ0) is 34.9. The Morgan fingerprint density at radius 3 is 1.19 bits per heavy atom. The average molecular weight is 696 g/mol. The molecular weight excluding hydrogens is 646 g/mol. The molecule has 19 heteroatoms. The maximum Gasteiger partial charge on any atom is 0.305 e. The van der Waals surface area contributed by atoms with E-state index < -0.39 is 15.8 Å². The van der Waals surface area contributed by atoms with Crippen LogP contribution in [0.25, 0.3) is 0 Å². The zero-order valence-electron chi connectivity index (χ0n) is 27.3. The van der Waals surface area contributed by atoms with Crippen molar-refractivity contribution < 1.29 is 67.1 Å². The number of nitrogens with one attached hydrogen (secondary N) is 1. The molecule has 0 radical (unpaired) electrons. The second-order valence-corrected chi connectivity index (χ2v) is 9.41. The van der Waals surface area contributed by atoms with Gasteiger partial charge in [-0.3, -0.25) is 25.0 Å². The largest absolute Gasteiger partial charge is 0.481 e. The van der Waals surface area contributed by atoms with Gasteiger partial charge in [0.05, 0.1) is 154 Å². The van der Waals surface area contributed by atoms with E-state index >= 15 is 0 Å². The number of rotatable bonds is 36. The molecule has 0 atom stereocenters. The Kier molecular flexibility index (Phi) is 27.9. The number of ether oxygens (including phenoxy) is 10. The minimum absolute atomic E-state index is 0.0157. The first kappa shape index (κ1) is 42.9. The van der Waals surface area contributed by atoms with E-state index in [0.717, 1.165) is 6.07 Å². The molecule has 0 bridgehead atoms. The Balaban J connectivity index is 1.73. The van der Waals surface area contributed by atoms with Crippen LogP contribution in [0.1, 0.15) is 6.42 Å². The molecule has 1 aromatic carbocycles. The van der Waals surface area contributed by atoms with Crippen LogP contribution in [0.2, 0.25) is 0 Å². The van der Waals surface area contributed by atoms with Gasteiger partial charge in [-0.25, -0.2) is 0 Å². The summed E-state index contributed by atoms with van der Waals surface area (Å²) < 4.78 is 53.8. The summed E-state index contributed by atoms with van der Waals surface area (Å²) in [6.45, 7) is 8.30. The van der Waals surface area contributed by atoms with E-state index in [0.29, 0.717) is 119 Å². The van der Waals surface area contributed by atoms with E-state index in [2.05, 4.69) is 5.32 Å². The van der Waals surface area contributed by atoms with Gasteiger partial charge in [-0.1, -0.05) is 0 Å². The number of carboxylic acids is 1. The van der Waals surface area contributed by atoms with Crippen LogP contribution in [0, 0.1) is 20.2 Å². The average Bonchev–Trinajstić information content (AvgIpc) is 3.06. The Morgan fingerprint density at radius 1 is 0.542 bits per heavy atom. The summed E-state index contributed by atoms with van der Waals surface area (Å²) in [5.74, 6) is -0.886. The highest BCUT2D eigenvalue weighted by atomic mass is 16.6. The van der Waals surface area contributed by atoms with Crippen LogP contribution in [-0.4, -0.2) is 160 Å². The molecule has 0 amide bonds. The first-order valence-electron chi connectivity index (χ1n) is 15.6. The summed E-state index contributed by atoms with van der Waals surface area (Å²) in [6, 6.07) is 3.41. The molecule has 0 aliphatic carbocycles. The predicted octanol–water partition coefficient (Wildman–Crippen LogP) is 1.56. The molecule has 0 saturated carbocycles. The third-order valence-corrected chi connectivity index (χ3v) is 5.76. The van der Waals surface area contributed by atoms with E-state index in [9.17, 15) is 25.0 Å². The molecule has 48 heavy (non-hydrogen) atoms. The molecule has 0 unspecified atom stereocenters. The van der Waals surface area contributed by atoms with Crippen molar-refractivity contribution in [3.05, 3.63) is 38.4 Å². The maximum absolute atomic E-state index is 11.1. The number of carboxylic acid groups (broad SMARTS) is 1. The van der Waals surface area contributed by atoms with Crippen LogP contribution >= 0.6 is 0 Å². The zero-order valence-corrected chi connectivity index (χ0v) is 27.3. The van der Waals surface area contributed by atoms with Crippen molar-refractivity contribution in [2.45, 2.75) is 6.42 Å². The van der Waals surface area contributed by atoms with Crippen molar-refractivity contribution in [1.29, 1.82) is 0 Å². The molecular formula is C29H49N3O16. The summed E-state index contributed by atoms with van der Waals surface area (Å²) >= 11 is 0. The molecule has 276 valence electrons. The highest BCUT2D eigenvalue weighted by Crippen LogP contribution is 2.28. The summed E-state index contributed by atoms with van der Waals surface area (Å²) in [4.78, 5) is 30.9. The van der Waals surface area contributed by atoms with Crippen molar-refractivity contribution in [1.82, 2.24) is 0 Å². The molecule has 0 spiro atoms. The fourth-order valence-corrected chi connectivity index (χ4v) is 3.43. The van der Waals surface area contributed by atoms with Crippen LogP contribution < -0.4 is 5.32 Å². The van der Waals surface area contributed by atoms with Gasteiger partial charge in [0.2, 0.25) is 0 Å². The first-order chi connectivity index (χ1) is 23.4. The van der Waals surface area contributed by atoms with E-state index in [1.165, 1.54) is 12.1 Å².